The number of anilines is 2. The molecule has 2 aromatic carbocycles. The molecule has 6 nitrogen and oxygen atoms in total. The highest BCUT2D eigenvalue weighted by molar-refractivity contribution is 5.98. The molecule has 2 aliphatic rings. The molecule has 0 radical (unpaired) electrons. The fourth-order valence-corrected chi connectivity index (χ4v) is 4.62. The van der Waals surface area contributed by atoms with E-state index in [4.69, 9.17) is 9.72 Å². The molecule has 1 atom stereocenters. The van der Waals surface area contributed by atoms with Crippen LogP contribution in [0.2, 0.25) is 0 Å². The Labute approximate surface area is 188 Å². The summed E-state index contributed by atoms with van der Waals surface area (Å²) in [5, 5.41) is 0. The second-order valence-electron chi connectivity index (χ2n) is 8.64. The van der Waals surface area contributed by atoms with E-state index >= 15 is 0 Å². The van der Waals surface area contributed by atoms with Crippen LogP contribution in [0.15, 0.2) is 54.7 Å². The summed E-state index contributed by atoms with van der Waals surface area (Å²) in [6.07, 6.45) is 3.05. The van der Waals surface area contributed by atoms with Gasteiger partial charge in [0.15, 0.2) is 5.78 Å². The molecule has 1 aliphatic carbocycles. The zero-order valence-electron chi connectivity index (χ0n) is 18.6. The van der Waals surface area contributed by atoms with Crippen molar-refractivity contribution in [3.63, 3.8) is 0 Å². The Hall–Kier alpha value is -3.41. The Morgan fingerprint density at radius 3 is 2.28 bits per heavy atom. The van der Waals surface area contributed by atoms with Gasteiger partial charge in [0.2, 0.25) is 5.95 Å². The molecule has 5 rings (SSSR count). The Balaban J connectivity index is 1.29. The summed E-state index contributed by atoms with van der Waals surface area (Å²) in [7, 11) is 1.68. The summed E-state index contributed by atoms with van der Waals surface area (Å²) in [4.78, 5) is 26.8. The van der Waals surface area contributed by atoms with E-state index in [1.807, 2.05) is 12.1 Å². The SMILES string of the molecule is COc1ccc(N2CCN(c3ncc4c(n3)C[C@@H](c3ccc(C)cc3)CC4=O)CC2)cc1. The molecule has 0 bridgehead atoms. The van der Waals surface area contributed by atoms with Crippen molar-refractivity contribution in [2.24, 2.45) is 0 Å². The van der Waals surface area contributed by atoms with Crippen molar-refractivity contribution in [1.82, 2.24) is 9.97 Å². The Bertz CT molecular complexity index is 1100. The Kier molecular flexibility index (Phi) is 5.52. The molecule has 6 heteroatoms. The van der Waals surface area contributed by atoms with E-state index in [1.165, 1.54) is 16.8 Å². The normalized spacial score (nSPS) is 18.4. The maximum absolute atomic E-state index is 12.8. The van der Waals surface area contributed by atoms with Gasteiger partial charge in [0.05, 0.1) is 18.4 Å². The second kappa shape index (κ2) is 8.61. The van der Waals surface area contributed by atoms with Crippen molar-refractivity contribution in [1.29, 1.82) is 0 Å². The molecule has 1 fully saturated rings. The molecule has 1 aliphatic heterocycles. The lowest BCUT2D eigenvalue weighted by molar-refractivity contribution is 0.0962. The fourth-order valence-electron chi connectivity index (χ4n) is 4.62. The lowest BCUT2D eigenvalue weighted by Crippen LogP contribution is -2.47. The van der Waals surface area contributed by atoms with Gasteiger partial charge in [-0.3, -0.25) is 4.79 Å². The van der Waals surface area contributed by atoms with Gasteiger partial charge in [-0.05, 0) is 49.1 Å². The summed E-state index contributed by atoms with van der Waals surface area (Å²) in [6, 6.07) is 16.7. The number of Topliss-reactive ketones (excluding diaryl/α,β-unsaturated/α-hetero) is 1. The number of nitrogens with zero attached hydrogens (tertiary/aromatic N) is 4. The maximum atomic E-state index is 12.8. The van der Waals surface area contributed by atoms with Gasteiger partial charge < -0.3 is 14.5 Å². The number of hydrogen-bond donors (Lipinski definition) is 0. The molecule has 0 unspecified atom stereocenters. The summed E-state index contributed by atoms with van der Waals surface area (Å²) in [5.74, 6) is 1.93. The highest BCUT2D eigenvalue weighted by atomic mass is 16.5. The number of aromatic nitrogens is 2. The monoisotopic (exact) mass is 428 g/mol. The van der Waals surface area contributed by atoms with E-state index < -0.39 is 0 Å². The van der Waals surface area contributed by atoms with Gasteiger partial charge in [0.25, 0.3) is 0 Å². The number of hydrogen-bond acceptors (Lipinski definition) is 6. The number of aryl methyl sites for hydroxylation is 1. The minimum atomic E-state index is 0.146. The molecule has 0 saturated carbocycles. The van der Waals surface area contributed by atoms with Gasteiger partial charge in [-0.15, -0.1) is 0 Å². The number of rotatable bonds is 4. The van der Waals surface area contributed by atoms with Crippen LogP contribution in [0, 0.1) is 6.92 Å². The average molecular weight is 429 g/mol. The van der Waals surface area contributed by atoms with E-state index in [2.05, 4.69) is 58.1 Å². The third-order valence-corrected chi connectivity index (χ3v) is 6.58. The number of fused-ring (bicyclic) bond motifs is 1. The molecule has 0 amide bonds. The lowest BCUT2D eigenvalue weighted by Gasteiger charge is -2.36. The summed E-state index contributed by atoms with van der Waals surface area (Å²) < 4.78 is 5.26. The zero-order chi connectivity index (χ0) is 22.1. The zero-order valence-corrected chi connectivity index (χ0v) is 18.6. The number of piperazine rings is 1. The quantitative estimate of drug-likeness (QED) is 0.625. The molecular formula is C26H28N4O2. The predicted octanol–water partition coefficient (Wildman–Crippen LogP) is 4.03. The van der Waals surface area contributed by atoms with Crippen molar-refractivity contribution >= 4 is 17.4 Å². The Morgan fingerprint density at radius 1 is 0.906 bits per heavy atom. The van der Waals surface area contributed by atoms with Crippen LogP contribution in [0.1, 0.15) is 39.5 Å². The van der Waals surface area contributed by atoms with E-state index in [0.29, 0.717) is 12.0 Å². The van der Waals surface area contributed by atoms with Crippen molar-refractivity contribution in [3.05, 3.63) is 77.1 Å². The minimum Gasteiger partial charge on any atom is -0.497 e. The minimum absolute atomic E-state index is 0.146. The van der Waals surface area contributed by atoms with Crippen LogP contribution in [-0.4, -0.2) is 49.0 Å². The topological polar surface area (TPSA) is 58.6 Å². The van der Waals surface area contributed by atoms with Gasteiger partial charge in [0, 0.05) is 44.5 Å². The van der Waals surface area contributed by atoms with Gasteiger partial charge in [-0.2, -0.15) is 0 Å². The first-order chi connectivity index (χ1) is 15.6. The average Bonchev–Trinajstić information content (AvgIpc) is 2.84. The fraction of sp³-hybridized carbons (Fsp3) is 0.346. The highest BCUT2D eigenvalue weighted by Gasteiger charge is 2.29. The van der Waals surface area contributed by atoms with Gasteiger partial charge in [-0.1, -0.05) is 29.8 Å². The van der Waals surface area contributed by atoms with Crippen molar-refractivity contribution in [2.75, 3.05) is 43.1 Å². The molecule has 0 spiro atoms. The summed E-state index contributed by atoms with van der Waals surface area (Å²) in [5.41, 5.74) is 5.21. The first kappa shape index (κ1) is 20.5. The summed E-state index contributed by atoms with van der Waals surface area (Å²) >= 11 is 0. The number of carbonyl (C=O) groups is 1. The van der Waals surface area contributed by atoms with E-state index in [0.717, 1.165) is 50.0 Å². The molecule has 2 heterocycles. The van der Waals surface area contributed by atoms with Crippen LogP contribution in [0.25, 0.3) is 0 Å². The standard InChI is InChI=1S/C26H28N4O2/c1-18-3-5-19(6-4-18)20-15-24-23(25(31)16-20)17-27-26(28-24)30-13-11-29(12-14-30)21-7-9-22(32-2)10-8-21/h3-10,17,20H,11-16H2,1-2H3/t20-/m1/s1. The molecular weight excluding hydrogens is 400 g/mol. The van der Waals surface area contributed by atoms with Crippen LogP contribution in [0.4, 0.5) is 11.6 Å². The summed E-state index contributed by atoms with van der Waals surface area (Å²) in [6.45, 7) is 5.58. The number of benzene rings is 2. The van der Waals surface area contributed by atoms with E-state index in [9.17, 15) is 4.79 Å². The third-order valence-electron chi connectivity index (χ3n) is 6.58. The molecule has 1 saturated heterocycles. The van der Waals surface area contributed by atoms with E-state index in [1.54, 1.807) is 13.3 Å². The van der Waals surface area contributed by atoms with Crippen LogP contribution in [0.3, 0.4) is 0 Å². The molecule has 164 valence electrons. The van der Waals surface area contributed by atoms with E-state index in [-0.39, 0.29) is 11.7 Å². The number of ketones is 1. The molecule has 0 N–H and O–H groups in total. The number of ether oxygens (including phenoxy) is 1. The van der Waals surface area contributed by atoms with Crippen LogP contribution in [-0.2, 0) is 6.42 Å². The number of methoxy groups -OCH3 is 1. The second-order valence-corrected chi connectivity index (χ2v) is 8.64. The smallest absolute Gasteiger partial charge is 0.225 e. The molecule has 32 heavy (non-hydrogen) atoms. The van der Waals surface area contributed by atoms with Gasteiger partial charge in [0.1, 0.15) is 5.75 Å². The lowest BCUT2D eigenvalue weighted by atomic mass is 9.82. The van der Waals surface area contributed by atoms with Crippen LogP contribution >= 0.6 is 0 Å². The predicted molar refractivity (Wildman–Crippen MR) is 126 cm³/mol. The Morgan fingerprint density at radius 2 is 1.59 bits per heavy atom. The molecule has 1 aromatic heterocycles. The van der Waals surface area contributed by atoms with Gasteiger partial charge >= 0.3 is 0 Å². The first-order valence-corrected chi connectivity index (χ1v) is 11.2. The van der Waals surface area contributed by atoms with Crippen LogP contribution < -0.4 is 14.5 Å². The third kappa shape index (κ3) is 4.05. The van der Waals surface area contributed by atoms with Crippen LogP contribution in [0.5, 0.6) is 5.75 Å². The van der Waals surface area contributed by atoms with Gasteiger partial charge in [-0.25, -0.2) is 9.97 Å². The molecule has 3 aromatic rings. The highest BCUT2D eigenvalue weighted by Crippen LogP contribution is 2.32. The first-order valence-electron chi connectivity index (χ1n) is 11.2. The van der Waals surface area contributed by atoms with Crippen molar-refractivity contribution in [3.8, 4) is 5.75 Å². The largest absolute Gasteiger partial charge is 0.497 e. The maximum Gasteiger partial charge on any atom is 0.225 e. The van der Waals surface area contributed by atoms with Crippen molar-refractivity contribution in [2.45, 2.75) is 25.7 Å². The number of carbonyl (C=O) groups excluding carboxylic acids is 1. The van der Waals surface area contributed by atoms with Crippen molar-refractivity contribution < 1.29 is 9.53 Å².